The van der Waals surface area contributed by atoms with E-state index >= 15 is 0 Å². The van der Waals surface area contributed by atoms with E-state index in [0.717, 1.165) is 25.7 Å². The summed E-state index contributed by atoms with van der Waals surface area (Å²) in [7, 11) is -4.49. The van der Waals surface area contributed by atoms with Crippen LogP contribution >= 0.6 is 0 Å². The van der Waals surface area contributed by atoms with Crippen LogP contribution in [-0.2, 0) is 29.7 Å². The molecular formula is C30H61NaO7S. The summed E-state index contributed by atoms with van der Waals surface area (Å²) in [4.78, 5) is 20.3. The second-order valence-electron chi connectivity index (χ2n) is 10.7. The van der Waals surface area contributed by atoms with Gasteiger partial charge in [-0.2, -0.15) is 0 Å². The van der Waals surface area contributed by atoms with Crippen molar-refractivity contribution in [1.29, 1.82) is 0 Å². The predicted octanol–water partition coefficient (Wildman–Crippen LogP) is 5.81. The van der Waals surface area contributed by atoms with Crippen LogP contribution in [0.15, 0.2) is 0 Å². The Labute approximate surface area is 264 Å². The topological polar surface area (TPSA) is 94.1 Å². The maximum Gasteiger partial charge on any atom is 1.00 e. The molecule has 0 rings (SSSR count). The molecule has 39 heavy (non-hydrogen) atoms. The van der Waals surface area contributed by atoms with E-state index in [9.17, 15) is 13.0 Å². The summed E-state index contributed by atoms with van der Waals surface area (Å²) in [6.07, 6.45) is 27.5. The van der Waals surface area contributed by atoms with E-state index in [-0.39, 0.29) is 49.2 Å². The molecular weight excluding hydrogens is 527 g/mol. The minimum atomic E-state index is -4.49. The molecule has 0 aliphatic rings. The van der Waals surface area contributed by atoms with Gasteiger partial charge in [-0.25, -0.2) is 28.0 Å². The van der Waals surface area contributed by atoms with Crippen molar-refractivity contribution in [2.45, 2.75) is 167 Å². The molecule has 0 spiro atoms. The molecule has 230 valence electrons. The first kappa shape index (κ1) is 41.9. The fraction of sp³-hybridized carbons (Fsp3) is 1.00. The molecule has 0 saturated heterocycles. The van der Waals surface area contributed by atoms with E-state index in [0.29, 0.717) is 13.2 Å². The van der Waals surface area contributed by atoms with Crippen LogP contribution in [0.1, 0.15) is 162 Å². The minimum Gasteiger partial charge on any atom is -0.748 e. The van der Waals surface area contributed by atoms with Gasteiger partial charge in [0.25, 0.3) is 0 Å². The molecule has 0 aliphatic carbocycles. The fourth-order valence-corrected chi connectivity index (χ4v) is 5.05. The largest absolute Gasteiger partial charge is 1.00 e. The van der Waals surface area contributed by atoms with Gasteiger partial charge in [-0.1, -0.05) is 142 Å². The van der Waals surface area contributed by atoms with E-state index in [1.165, 1.54) is 116 Å². The number of hydrogen-bond acceptors (Lipinski definition) is 7. The van der Waals surface area contributed by atoms with Crippen LogP contribution in [0.2, 0.25) is 0 Å². The van der Waals surface area contributed by atoms with Crippen LogP contribution in [0.4, 0.5) is 0 Å². The smallest absolute Gasteiger partial charge is 0.748 e. The average molecular weight is 589 g/mol. The van der Waals surface area contributed by atoms with Crippen molar-refractivity contribution in [3.63, 3.8) is 0 Å². The molecule has 0 amide bonds. The van der Waals surface area contributed by atoms with Crippen LogP contribution in [0.3, 0.4) is 0 Å². The van der Waals surface area contributed by atoms with Crippen molar-refractivity contribution < 1.29 is 62.1 Å². The summed E-state index contributed by atoms with van der Waals surface area (Å²) in [6, 6.07) is 0. The fourth-order valence-electron chi connectivity index (χ4n) is 4.44. The van der Waals surface area contributed by atoms with E-state index in [1.807, 2.05) is 0 Å². The summed E-state index contributed by atoms with van der Waals surface area (Å²) in [5.74, 6) is 0. The summed E-state index contributed by atoms with van der Waals surface area (Å²) < 4.78 is 34.5. The quantitative estimate of drug-likeness (QED) is 0.0322. The molecule has 0 heterocycles. The summed E-state index contributed by atoms with van der Waals surface area (Å²) in [6.45, 7) is 5.11. The predicted molar refractivity (Wildman–Crippen MR) is 155 cm³/mol. The molecule has 1 unspecified atom stereocenters. The SMILES string of the molecule is CCCCCCCCCCCCCOOCCC(COOCCCCCCCCCCCCC)S(=O)(=O)[O-].[Na+]. The number of hydrogen-bond donors (Lipinski definition) is 0. The zero-order valence-corrected chi connectivity index (χ0v) is 28.8. The maximum atomic E-state index is 11.5. The Morgan fingerprint density at radius 3 is 1.15 bits per heavy atom. The van der Waals surface area contributed by atoms with Gasteiger partial charge in [0.05, 0.1) is 41.8 Å². The molecule has 0 bridgehead atoms. The molecule has 0 saturated carbocycles. The molecule has 0 N–H and O–H groups in total. The van der Waals surface area contributed by atoms with E-state index in [1.54, 1.807) is 0 Å². The molecule has 0 radical (unpaired) electrons. The first-order chi connectivity index (χ1) is 18.5. The Kier molecular flexibility index (Phi) is 35.7. The van der Waals surface area contributed by atoms with Crippen LogP contribution in [0, 0.1) is 0 Å². The Morgan fingerprint density at radius 1 is 0.487 bits per heavy atom. The Balaban J connectivity index is 0. The van der Waals surface area contributed by atoms with E-state index in [2.05, 4.69) is 13.8 Å². The molecule has 0 aromatic rings. The van der Waals surface area contributed by atoms with Gasteiger partial charge in [0.1, 0.15) is 0 Å². The third-order valence-corrected chi connectivity index (χ3v) is 8.20. The van der Waals surface area contributed by atoms with Crippen LogP contribution in [0.25, 0.3) is 0 Å². The second-order valence-corrected chi connectivity index (χ2v) is 12.4. The third-order valence-electron chi connectivity index (χ3n) is 7.01. The first-order valence-electron chi connectivity index (χ1n) is 16.0. The van der Waals surface area contributed by atoms with E-state index in [4.69, 9.17) is 19.6 Å². The first-order valence-corrected chi connectivity index (χ1v) is 17.4. The van der Waals surface area contributed by atoms with Gasteiger partial charge in [-0.05, 0) is 19.3 Å². The Bertz CT molecular complexity index is 564. The molecule has 0 aromatic heterocycles. The van der Waals surface area contributed by atoms with Crippen LogP contribution in [0.5, 0.6) is 0 Å². The standard InChI is InChI=1S/C30H62O7S.Na/c1-3-5-7-9-11-13-15-17-19-21-23-26-34-36-28-25-30(38(31,32)33)29-37-35-27-24-22-20-18-16-14-12-10-8-6-4-2;/h30H,3-29H2,1-2H3,(H,31,32,33);/q;+1/p-1. The molecule has 0 fully saturated rings. The van der Waals surface area contributed by atoms with Crippen LogP contribution in [-0.4, -0.2) is 44.6 Å². The molecule has 0 aromatic carbocycles. The second kappa shape index (κ2) is 33.3. The van der Waals surface area contributed by atoms with Crippen molar-refractivity contribution in [1.82, 2.24) is 0 Å². The number of unbranched alkanes of at least 4 members (excludes halogenated alkanes) is 20. The maximum absolute atomic E-state index is 11.5. The number of rotatable bonds is 32. The van der Waals surface area contributed by atoms with E-state index < -0.39 is 15.4 Å². The summed E-state index contributed by atoms with van der Waals surface area (Å²) >= 11 is 0. The van der Waals surface area contributed by atoms with Gasteiger partial charge in [0.15, 0.2) is 0 Å². The zero-order valence-electron chi connectivity index (χ0n) is 25.9. The zero-order chi connectivity index (χ0) is 28.0. The molecule has 9 heteroatoms. The summed E-state index contributed by atoms with van der Waals surface area (Å²) in [5.41, 5.74) is 0. The minimum absolute atomic E-state index is 0. The Hall–Kier alpha value is 0.750. The van der Waals surface area contributed by atoms with Crippen molar-refractivity contribution in [2.24, 2.45) is 0 Å². The monoisotopic (exact) mass is 588 g/mol. The normalized spacial score (nSPS) is 12.5. The van der Waals surface area contributed by atoms with Crippen molar-refractivity contribution >= 4 is 10.1 Å². The summed E-state index contributed by atoms with van der Waals surface area (Å²) in [5, 5.41) is -1.20. The molecule has 0 aliphatic heterocycles. The third kappa shape index (κ3) is 33.1. The average Bonchev–Trinajstić information content (AvgIpc) is 2.89. The van der Waals surface area contributed by atoms with Gasteiger partial charge < -0.3 is 4.55 Å². The van der Waals surface area contributed by atoms with Gasteiger partial charge >= 0.3 is 29.6 Å². The van der Waals surface area contributed by atoms with Gasteiger partial charge in [0.2, 0.25) is 0 Å². The van der Waals surface area contributed by atoms with Crippen molar-refractivity contribution in [2.75, 3.05) is 26.4 Å². The molecule has 1 atom stereocenters. The van der Waals surface area contributed by atoms with Gasteiger partial charge in [-0.3, -0.25) is 0 Å². The molecule has 7 nitrogen and oxygen atoms in total. The van der Waals surface area contributed by atoms with Crippen molar-refractivity contribution in [3.8, 4) is 0 Å². The van der Waals surface area contributed by atoms with Crippen LogP contribution < -0.4 is 29.6 Å². The van der Waals surface area contributed by atoms with Gasteiger partial charge in [0, 0.05) is 0 Å². The Morgan fingerprint density at radius 2 is 0.795 bits per heavy atom. The van der Waals surface area contributed by atoms with Gasteiger partial charge in [-0.15, -0.1) is 0 Å². The van der Waals surface area contributed by atoms with Crippen molar-refractivity contribution in [3.05, 3.63) is 0 Å².